The molecule has 22 heavy (non-hydrogen) atoms. The molecule has 0 atom stereocenters. The number of nitrogens with zero attached hydrogens (tertiary/aromatic N) is 2. The van der Waals surface area contributed by atoms with E-state index in [1.54, 1.807) is 30.6 Å². The standard InChI is InChI=1S/C17H13FN2OS/c1-10-16(11-3-5-12(18)6-4-11)19-17-20(10)14-8-7-13(21-2)9-15(14)22-17/h3-9H,1-2H3. The van der Waals surface area contributed by atoms with Crippen molar-refractivity contribution in [1.82, 2.24) is 9.38 Å². The molecule has 0 aliphatic rings. The van der Waals surface area contributed by atoms with Crippen LogP contribution in [0.3, 0.4) is 0 Å². The Kier molecular flexibility index (Phi) is 2.90. The second kappa shape index (κ2) is 4.81. The van der Waals surface area contributed by atoms with Crippen LogP contribution in [0.15, 0.2) is 42.5 Å². The van der Waals surface area contributed by atoms with E-state index in [0.29, 0.717) is 0 Å². The summed E-state index contributed by atoms with van der Waals surface area (Å²) in [5.74, 6) is 0.605. The average Bonchev–Trinajstić information content (AvgIpc) is 3.04. The highest BCUT2D eigenvalue weighted by atomic mass is 32.1. The van der Waals surface area contributed by atoms with Crippen molar-refractivity contribution in [2.24, 2.45) is 0 Å². The smallest absolute Gasteiger partial charge is 0.195 e. The number of hydrogen-bond acceptors (Lipinski definition) is 3. The Morgan fingerprint density at radius 2 is 1.91 bits per heavy atom. The van der Waals surface area contributed by atoms with Crippen molar-refractivity contribution < 1.29 is 9.13 Å². The van der Waals surface area contributed by atoms with E-state index in [1.807, 2.05) is 25.1 Å². The lowest BCUT2D eigenvalue weighted by Gasteiger charge is -2.01. The van der Waals surface area contributed by atoms with Crippen molar-refractivity contribution in [2.75, 3.05) is 7.11 Å². The van der Waals surface area contributed by atoms with E-state index < -0.39 is 0 Å². The van der Waals surface area contributed by atoms with Crippen LogP contribution >= 0.6 is 11.3 Å². The molecule has 0 saturated carbocycles. The van der Waals surface area contributed by atoms with Crippen LogP contribution in [0, 0.1) is 12.7 Å². The van der Waals surface area contributed by atoms with Gasteiger partial charge in [0.2, 0.25) is 0 Å². The minimum Gasteiger partial charge on any atom is -0.497 e. The van der Waals surface area contributed by atoms with E-state index in [0.717, 1.165) is 37.9 Å². The fraction of sp³-hybridized carbons (Fsp3) is 0.118. The number of fused-ring (bicyclic) bond motifs is 3. The van der Waals surface area contributed by atoms with E-state index in [1.165, 1.54) is 12.1 Å². The number of rotatable bonds is 2. The third-order valence-electron chi connectivity index (χ3n) is 3.80. The summed E-state index contributed by atoms with van der Waals surface area (Å²) in [4.78, 5) is 5.65. The number of hydrogen-bond donors (Lipinski definition) is 0. The maximum absolute atomic E-state index is 13.1. The number of imidazole rings is 1. The number of benzene rings is 2. The monoisotopic (exact) mass is 312 g/mol. The van der Waals surface area contributed by atoms with Gasteiger partial charge < -0.3 is 4.74 Å². The molecule has 0 radical (unpaired) electrons. The van der Waals surface area contributed by atoms with E-state index in [4.69, 9.17) is 9.72 Å². The van der Waals surface area contributed by atoms with Gasteiger partial charge in [-0.1, -0.05) is 11.3 Å². The molecular formula is C17H13FN2OS. The lowest BCUT2D eigenvalue weighted by molar-refractivity contribution is 0.415. The second-order valence-electron chi connectivity index (χ2n) is 5.11. The molecule has 3 nitrogen and oxygen atoms in total. The third kappa shape index (κ3) is 1.89. The highest BCUT2D eigenvalue weighted by molar-refractivity contribution is 7.23. The number of ether oxygens (including phenoxy) is 1. The van der Waals surface area contributed by atoms with Crippen molar-refractivity contribution >= 4 is 26.5 Å². The van der Waals surface area contributed by atoms with Crippen LogP contribution in [-0.4, -0.2) is 16.5 Å². The molecule has 0 spiro atoms. The van der Waals surface area contributed by atoms with Gasteiger partial charge in [-0.2, -0.15) is 0 Å². The average molecular weight is 312 g/mol. The first-order valence-corrected chi connectivity index (χ1v) is 7.70. The second-order valence-corrected chi connectivity index (χ2v) is 6.12. The molecule has 0 N–H and O–H groups in total. The largest absolute Gasteiger partial charge is 0.497 e. The van der Waals surface area contributed by atoms with Gasteiger partial charge in [-0.05, 0) is 49.4 Å². The van der Waals surface area contributed by atoms with Crippen molar-refractivity contribution in [3.8, 4) is 17.0 Å². The molecule has 5 heteroatoms. The van der Waals surface area contributed by atoms with Gasteiger partial charge in [-0.25, -0.2) is 9.37 Å². The summed E-state index contributed by atoms with van der Waals surface area (Å²) < 4.78 is 21.6. The SMILES string of the molecule is COc1ccc2c(c1)sc1nc(-c3ccc(F)cc3)c(C)n12. The van der Waals surface area contributed by atoms with Crippen molar-refractivity contribution in [2.45, 2.75) is 6.92 Å². The molecular weight excluding hydrogens is 299 g/mol. The van der Waals surface area contributed by atoms with Gasteiger partial charge in [0.1, 0.15) is 11.6 Å². The van der Waals surface area contributed by atoms with Crippen LogP contribution in [0.5, 0.6) is 5.75 Å². The third-order valence-corrected chi connectivity index (χ3v) is 4.81. The molecule has 2 aromatic carbocycles. The molecule has 110 valence electrons. The predicted molar refractivity (Wildman–Crippen MR) is 87.3 cm³/mol. The lowest BCUT2D eigenvalue weighted by atomic mass is 10.1. The summed E-state index contributed by atoms with van der Waals surface area (Å²) in [6, 6.07) is 12.5. The summed E-state index contributed by atoms with van der Waals surface area (Å²) >= 11 is 1.62. The molecule has 0 bridgehead atoms. The van der Waals surface area contributed by atoms with Crippen LogP contribution < -0.4 is 4.74 Å². The normalized spacial score (nSPS) is 11.4. The molecule has 4 aromatic rings. The van der Waals surface area contributed by atoms with E-state index in [-0.39, 0.29) is 5.82 Å². The molecule has 4 rings (SSSR count). The summed E-state index contributed by atoms with van der Waals surface area (Å²) in [7, 11) is 1.66. The quantitative estimate of drug-likeness (QED) is 0.537. The van der Waals surface area contributed by atoms with E-state index in [9.17, 15) is 4.39 Å². The van der Waals surface area contributed by atoms with Crippen molar-refractivity contribution in [3.63, 3.8) is 0 Å². The zero-order chi connectivity index (χ0) is 15.3. The minimum absolute atomic E-state index is 0.236. The first kappa shape index (κ1) is 13.3. The van der Waals surface area contributed by atoms with Gasteiger partial charge in [0.25, 0.3) is 0 Å². The topological polar surface area (TPSA) is 26.5 Å². The lowest BCUT2D eigenvalue weighted by Crippen LogP contribution is -1.87. The van der Waals surface area contributed by atoms with Crippen molar-refractivity contribution in [3.05, 3.63) is 54.0 Å². The fourth-order valence-electron chi connectivity index (χ4n) is 2.70. The molecule has 0 amide bonds. The molecule has 0 aliphatic heterocycles. The fourth-order valence-corrected chi connectivity index (χ4v) is 3.79. The number of halogens is 1. The van der Waals surface area contributed by atoms with E-state index >= 15 is 0 Å². The number of aromatic nitrogens is 2. The van der Waals surface area contributed by atoms with Gasteiger partial charge in [-0.15, -0.1) is 0 Å². The number of thiazole rings is 1. The molecule has 0 fully saturated rings. The Morgan fingerprint density at radius 1 is 1.14 bits per heavy atom. The Hall–Kier alpha value is -2.40. The van der Waals surface area contributed by atoms with Gasteiger partial charge in [0.15, 0.2) is 4.96 Å². The number of methoxy groups -OCH3 is 1. The zero-order valence-corrected chi connectivity index (χ0v) is 12.9. The zero-order valence-electron chi connectivity index (χ0n) is 12.1. The summed E-state index contributed by atoms with van der Waals surface area (Å²) in [5.41, 5.74) is 3.98. The molecule has 0 unspecified atom stereocenters. The summed E-state index contributed by atoms with van der Waals surface area (Å²) in [6.07, 6.45) is 0. The van der Waals surface area contributed by atoms with E-state index in [2.05, 4.69) is 4.40 Å². The first-order chi connectivity index (χ1) is 10.7. The van der Waals surface area contributed by atoms with Crippen LogP contribution in [0.25, 0.3) is 26.4 Å². The predicted octanol–water partition coefficient (Wildman–Crippen LogP) is 4.67. The maximum Gasteiger partial charge on any atom is 0.195 e. The summed E-state index contributed by atoms with van der Waals surface area (Å²) in [5, 5.41) is 0. The van der Waals surface area contributed by atoms with Crippen LogP contribution in [0.2, 0.25) is 0 Å². The molecule has 0 aliphatic carbocycles. The van der Waals surface area contributed by atoms with Crippen LogP contribution in [0.4, 0.5) is 4.39 Å². The Balaban J connectivity index is 1.96. The first-order valence-electron chi connectivity index (χ1n) is 6.89. The molecule has 2 aromatic heterocycles. The van der Waals surface area contributed by atoms with Crippen LogP contribution in [0.1, 0.15) is 5.69 Å². The van der Waals surface area contributed by atoms with Gasteiger partial charge in [-0.3, -0.25) is 4.40 Å². The number of aryl methyl sites for hydroxylation is 1. The Morgan fingerprint density at radius 3 is 2.64 bits per heavy atom. The maximum atomic E-state index is 13.1. The Labute approximate surface area is 130 Å². The highest BCUT2D eigenvalue weighted by Crippen LogP contribution is 2.34. The van der Waals surface area contributed by atoms with Gasteiger partial charge in [0.05, 0.1) is 23.0 Å². The van der Waals surface area contributed by atoms with Crippen LogP contribution in [-0.2, 0) is 0 Å². The molecule has 2 heterocycles. The summed E-state index contributed by atoms with van der Waals surface area (Å²) in [6.45, 7) is 2.04. The van der Waals surface area contributed by atoms with Crippen molar-refractivity contribution in [1.29, 1.82) is 0 Å². The highest BCUT2D eigenvalue weighted by Gasteiger charge is 2.15. The molecule has 0 saturated heterocycles. The van der Waals surface area contributed by atoms with Gasteiger partial charge in [0, 0.05) is 11.3 Å². The minimum atomic E-state index is -0.236. The van der Waals surface area contributed by atoms with Gasteiger partial charge >= 0.3 is 0 Å². The Bertz CT molecular complexity index is 985.